The summed E-state index contributed by atoms with van der Waals surface area (Å²) in [6.45, 7) is 4.87. The quantitative estimate of drug-likeness (QED) is 0.465. The minimum absolute atomic E-state index is 1.05. The third-order valence-electron chi connectivity index (χ3n) is 3.72. The van der Waals surface area contributed by atoms with Crippen molar-refractivity contribution in [2.45, 2.75) is 33.1 Å². The summed E-state index contributed by atoms with van der Waals surface area (Å²) in [7, 11) is 0. The minimum atomic E-state index is 1.05. The van der Waals surface area contributed by atoms with Gasteiger partial charge >= 0.3 is 0 Å². The Morgan fingerprint density at radius 2 is 1.89 bits per heavy atom. The highest BCUT2D eigenvalue weighted by Crippen LogP contribution is 2.52. The summed E-state index contributed by atoms with van der Waals surface area (Å²) < 4.78 is 0. The first kappa shape index (κ1) is 5.76. The van der Waals surface area contributed by atoms with Crippen LogP contribution < -0.4 is 0 Å². The van der Waals surface area contributed by atoms with Gasteiger partial charge < -0.3 is 0 Å². The fraction of sp³-hybridized carbons (Fsp3) is 1.00. The molecule has 52 valence electrons. The third-order valence-corrected chi connectivity index (χ3v) is 3.72. The predicted molar refractivity (Wildman–Crippen MR) is 39.2 cm³/mol. The van der Waals surface area contributed by atoms with Gasteiger partial charge in [-0.1, -0.05) is 20.3 Å². The third kappa shape index (κ3) is 0.653. The van der Waals surface area contributed by atoms with E-state index < -0.39 is 0 Å². The standard InChI is InChI=1S/C9H16/c1-6-3-4-8-5-9(6)7(8)2/h6-9H,3-5H2,1-2H3. The van der Waals surface area contributed by atoms with Crippen molar-refractivity contribution >= 4 is 0 Å². The van der Waals surface area contributed by atoms with Crippen LogP contribution in [0.3, 0.4) is 0 Å². The van der Waals surface area contributed by atoms with Crippen molar-refractivity contribution in [2.75, 3.05) is 0 Å². The maximum atomic E-state index is 2.44. The number of fused-ring (bicyclic) bond motifs is 2. The Morgan fingerprint density at radius 3 is 2.22 bits per heavy atom. The van der Waals surface area contributed by atoms with Gasteiger partial charge in [0.2, 0.25) is 0 Å². The average molecular weight is 124 g/mol. The molecule has 0 heteroatoms. The van der Waals surface area contributed by atoms with E-state index in [-0.39, 0.29) is 0 Å². The molecule has 2 bridgehead atoms. The van der Waals surface area contributed by atoms with Gasteiger partial charge in [0.1, 0.15) is 0 Å². The molecule has 0 saturated heterocycles. The Labute approximate surface area is 57.6 Å². The van der Waals surface area contributed by atoms with Crippen molar-refractivity contribution in [2.24, 2.45) is 23.7 Å². The minimum Gasteiger partial charge on any atom is -0.0622 e. The van der Waals surface area contributed by atoms with E-state index in [9.17, 15) is 0 Å². The van der Waals surface area contributed by atoms with Gasteiger partial charge in [-0.15, -0.1) is 0 Å². The Kier molecular flexibility index (Phi) is 1.12. The number of rotatable bonds is 0. The predicted octanol–water partition coefficient (Wildman–Crippen LogP) is 2.69. The van der Waals surface area contributed by atoms with E-state index >= 15 is 0 Å². The highest BCUT2D eigenvalue weighted by molar-refractivity contribution is 4.93. The van der Waals surface area contributed by atoms with Gasteiger partial charge in [0.25, 0.3) is 0 Å². The van der Waals surface area contributed by atoms with E-state index in [1.165, 1.54) is 12.8 Å². The van der Waals surface area contributed by atoms with E-state index in [1.54, 1.807) is 6.42 Å². The van der Waals surface area contributed by atoms with Crippen LogP contribution in [0.15, 0.2) is 0 Å². The molecular weight excluding hydrogens is 108 g/mol. The van der Waals surface area contributed by atoms with Crippen LogP contribution >= 0.6 is 0 Å². The number of hydrogen-bond donors (Lipinski definition) is 0. The summed E-state index contributed by atoms with van der Waals surface area (Å²) in [5.74, 6) is 4.37. The second-order valence-electron chi connectivity index (χ2n) is 4.07. The largest absolute Gasteiger partial charge is 0.0622 e. The van der Waals surface area contributed by atoms with Crippen molar-refractivity contribution in [1.29, 1.82) is 0 Å². The van der Waals surface area contributed by atoms with Crippen LogP contribution in [0.5, 0.6) is 0 Å². The Balaban J connectivity index is 2.06. The van der Waals surface area contributed by atoms with Crippen LogP contribution in [0.25, 0.3) is 0 Å². The zero-order valence-electron chi connectivity index (χ0n) is 6.43. The molecule has 3 aliphatic rings. The molecule has 0 spiro atoms. The molecule has 0 aromatic heterocycles. The molecule has 3 aliphatic carbocycles. The Morgan fingerprint density at radius 1 is 1.11 bits per heavy atom. The monoisotopic (exact) mass is 124 g/mol. The van der Waals surface area contributed by atoms with E-state index in [0.717, 1.165) is 23.7 Å². The molecule has 3 rings (SSSR count). The summed E-state index contributed by atoms with van der Waals surface area (Å²) in [6.07, 6.45) is 4.60. The topological polar surface area (TPSA) is 0 Å². The molecule has 0 amide bonds. The van der Waals surface area contributed by atoms with Gasteiger partial charge in [-0.3, -0.25) is 0 Å². The van der Waals surface area contributed by atoms with E-state index in [0.29, 0.717) is 0 Å². The van der Waals surface area contributed by atoms with E-state index in [1.807, 2.05) is 0 Å². The molecule has 0 radical (unpaired) electrons. The fourth-order valence-corrected chi connectivity index (χ4v) is 2.75. The average Bonchev–Trinajstić information content (AvgIpc) is 1.86. The zero-order valence-corrected chi connectivity index (χ0v) is 6.43. The molecule has 4 atom stereocenters. The molecule has 3 saturated carbocycles. The summed E-state index contributed by atoms with van der Waals surface area (Å²) in [5, 5.41) is 0. The van der Waals surface area contributed by atoms with Gasteiger partial charge in [0, 0.05) is 0 Å². The summed E-state index contributed by atoms with van der Waals surface area (Å²) in [4.78, 5) is 0. The summed E-state index contributed by atoms with van der Waals surface area (Å²) >= 11 is 0. The second kappa shape index (κ2) is 1.74. The molecule has 4 unspecified atom stereocenters. The molecule has 0 aliphatic heterocycles. The van der Waals surface area contributed by atoms with Crippen molar-refractivity contribution < 1.29 is 0 Å². The first-order valence-corrected chi connectivity index (χ1v) is 4.29. The molecule has 0 aromatic rings. The second-order valence-corrected chi connectivity index (χ2v) is 4.07. The zero-order chi connectivity index (χ0) is 6.43. The SMILES string of the molecule is CC1CCC2CC1C2C. The maximum absolute atomic E-state index is 2.44. The van der Waals surface area contributed by atoms with Crippen molar-refractivity contribution in [3.8, 4) is 0 Å². The summed E-state index contributed by atoms with van der Waals surface area (Å²) in [5.41, 5.74) is 0. The van der Waals surface area contributed by atoms with Crippen LogP contribution in [-0.2, 0) is 0 Å². The maximum Gasteiger partial charge on any atom is -0.0357 e. The van der Waals surface area contributed by atoms with Crippen molar-refractivity contribution in [1.82, 2.24) is 0 Å². The highest BCUT2D eigenvalue weighted by atomic mass is 14.5. The van der Waals surface area contributed by atoms with Gasteiger partial charge in [-0.05, 0) is 36.5 Å². The smallest absolute Gasteiger partial charge is 0.0357 e. The first-order chi connectivity index (χ1) is 4.29. The normalized spacial score (nSPS) is 56.7. The van der Waals surface area contributed by atoms with Crippen LogP contribution in [0.4, 0.5) is 0 Å². The van der Waals surface area contributed by atoms with Crippen molar-refractivity contribution in [3.05, 3.63) is 0 Å². The van der Waals surface area contributed by atoms with Gasteiger partial charge in [-0.2, -0.15) is 0 Å². The lowest BCUT2D eigenvalue weighted by atomic mass is 9.54. The molecule has 3 fully saturated rings. The fourth-order valence-electron chi connectivity index (χ4n) is 2.75. The Bertz CT molecular complexity index is 111. The summed E-state index contributed by atoms with van der Waals surface area (Å²) in [6, 6.07) is 0. The van der Waals surface area contributed by atoms with Crippen LogP contribution in [0.2, 0.25) is 0 Å². The Hall–Kier alpha value is 0. The first-order valence-electron chi connectivity index (χ1n) is 4.29. The van der Waals surface area contributed by atoms with E-state index in [2.05, 4.69) is 13.8 Å². The molecular formula is C9H16. The van der Waals surface area contributed by atoms with Crippen LogP contribution in [-0.4, -0.2) is 0 Å². The number of hydrogen-bond acceptors (Lipinski definition) is 0. The molecule has 9 heavy (non-hydrogen) atoms. The van der Waals surface area contributed by atoms with E-state index in [4.69, 9.17) is 0 Å². The lowest BCUT2D eigenvalue weighted by Gasteiger charge is -2.51. The lowest BCUT2D eigenvalue weighted by molar-refractivity contribution is -0.0159. The van der Waals surface area contributed by atoms with Gasteiger partial charge in [-0.25, -0.2) is 0 Å². The molecule has 0 aromatic carbocycles. The van der Waals surface area contributed by atoms with Gasteiger partial charge in [0.05, 0.1) is 0 Å². The molecule has 0 N–H and O–H groups in total. The lowest BCUT2D eigenvalue weighted by Crippen LogP contribution is -2.43. The van der Waals surface area contributed by atoms with Gasteiger partial charge in [0.15, 0.2) is 0 Å². The molecule has 0 heterocycles. The molecule has 0 nitrogen and oxygen atoms in total. The highest BCUT2D eigenvalue weighted by Gasteiger charge is 2.43. The van der Waals surface area contributed by atoms with Crippen LogP contribution in [0, 0.1) is 23.7 Å². The van der Waals surface area contributed by atoms with Crippen LogP contribution in [0.1, 0.15) is 33.1 Å². The van der Waals surface area contributed by atoms with Crippen molar-refractivity contribution in [3.63, 3.8) is 0 Å².